The molecular formula is C15H19N3O2S. The van der Waals surface area contributed by atoms with Crippen molar-refractivity contribution in [2.24, 2.45) is 0 Å². The van der Waals surface area contributed by atoms with E-state index in [9.17, 15) is 0 Å². The predicted molar refractivity (Wildman–Crippen MR) is 82.2 cm³/mol. The van der Waals surface area contributed by atoms with Crippen LogP contribution < -0.4 is 5.32 Å². The fourth-order valence-electron chi connectivity index (χ4n) is 2.32. The van der Waals surface area contributed by atoms with Gasteiger partial charge in [-0.3, -0.25) is 0 Å². The average molecular weight is 305 g/mol. The van der Waals surface area contributed by atoms with E-state index in [1.807, 2.05) is 12.1 Å². The number of rotatable bonds is 5. The molecule has 1 fully saturated rings. The molecule has 3 rings (SSSR count). The van der Waals surface area contributed by atoms with E-state index in [1.165, 1.54) is 4.90 Å². The van der Waals surface area contributed by atoms with Crippen LogP contribution in [0.15, 0.2) is 33.7 Å². The molecule has 2 heterocycles. The van der Waals surface area contributed by atoms with Gasteiger partial charge < -0.3 is 14.6 Å². The lowest BCUT2D eigenvalue weighted by molar-refractivity contribution is 0.00859. The molecular weight excluding hydrogens is 286 g/mol. The third-order valence-corrected chi connectivity index (χ3v) is 4.29. The van der Waals surface area contributed by atoms with Gasteiger partial charge in [0.1, 0.15) is 6.61 Å². The molecule has 5 nitrogen and oxygen atoms in total. The lowest BCUT2D eigenvalue weighted by Crippen LogP contribution is -2.32. The SMILES string of the molecule is CSc1ccc(-c2noc(COC3CCNCC3)n2)cc1. The van der Waals surface area contributed by atoms with Crippen LogP contribution >= 0.6 is 11.8 Å². The maximum Gasteiger partial charge on any atom is 0.252 e. The summed E-state index contributed by atoms with van der Waals surface area (Å²) in [5.74, 6) is 1.16. The van der Waals surface area contributed by atoms with Crippen LogP contribution in [0, 0.1) is 0 Å². The topological polar surface area (TPSA) is 60.2 Å². The van der Waals surface area contributed by atoms with Gasteiger partial charge >= 0.3 is 0 Å². The Bertz CT molecular complexity index is 565. The highest BCUT2D eigenvalue weighted by atomic mass is 32.2. The van der Waals surface area contributed by atoms with Gasteiger partial charge in [0.25, 0.3) is 5.89 Å². The highest BCUT2D eigenvalue weighted by molar-refractivity contribution is 7.98. The van der Waals surface area contributed by atoms with Crippen molar-refractivity contribution in [3.63, 3.8) is 0 Å². The fraction of sp³-hybridized carbons (Fsp3) is 0.467. The number of nitrogens with one attached hydrogen (secondary N) is 1. The molecule has 1 saturated heterocycles. The quantitative estimate of drug-likeness (QED) is 0.857. The normalized spacial score (nSPS) is 16.2. The Hall–Kier alpha value is -1.37. The lowest BCUT2D eigenvalue weighted by atomic mass is 10.1. The zero-order valence-electron chi connectivity index (χ0n) is 12.0. The van der Waals surface area contributed by atoms with Crippen molar-refractivity contribution in [2.45, 2.75) is 30.4 Å². The summed E-state index contributed by atoms with van der Waals surface area (Å²) in [6.07, 6.45) is 4.43. The second kappa shape index (κ2) is 7.06. The van der Waals surface area contributed by atoms with E-state index >= 15 is 0 Å². The molecule has 0 amide bonds. The van der Waals surface area contributed by atoms with Gasteiger partial charge in [-0.1, -0.05) is 5.16 Å². The first-order valence-electron chi connectivity index (χ1n) is 7.14. The molecule has 1 aliphatic rings. The maximum absolute atomic E-state index is 5.82. The Morgan fingerprint density at radius 3 is 2.76 bits per heavy atom. The van der Waals surface area contributed by atoms with Crippen molar-refractivity contribution in [2.75, 3.05) is 19.3 Å². The molecule has 0 spiro atoms. The summed E-state index contributed by atoms with van der Waals surface area (Å²) < 4.78 is 11.1. The van der Waals surface area contributed by atoms with Crippen molar-refractivity contribution < 1.29 is 9.26 Å². The van der Waals surface area contributed by atoms with Gasteiger partial charge in [0, 0.05) is 10.5 Å². The third kappa shape index (κ3) is 3.84. The standard InChI is InChI=1S/C15H19N3O2S/c1-21-13-4-2-11(3-5-13)15-17-14(20-18-15)10-19-12-6-8-16-9-7-12/h2-5,12,16H,6-10H2,1H3. The van der Waals surface area contributed by atoms with Crippen molar-refractivity contribution in [1.82, 2.24) is 15.5 Å². The minimum Gasteiger partial charge on any atom is -0.368 e. The minimum atomic E-state index is 0.294. The van der Waals surface area contributed by atoms with E-state index < -0.39 is 0 Å². The van der Waals surface area contributed by atoms with E-state index in [0.29, 0.717) is 24.4 Å². The summed E-state index contributed by atoms with van der Waals surface area (Å²) in [5.41, 5.74) is 0.963. The predicted octanol–water partition coefficient (Wildman–Crippen LogP) is 2.73. The lowest BCUT2D eigenvalue weighted by Gasteiger charge is -2.21. The van der Waals surface area contributed by atoms with Crippen LogP contribution in [0.3, 0.4) is 0 Å². The van der Waals surface area contributed by atoms with Gasteiger partial charge in [0.05, 0.1) is 6.10 Å². The summed E-state index contributed by atoms with van der Waals surface area (Å²) >= 11 is 1.71. The molecule has 6 heteroatoms. The summed E-state index contributed by atoms with van der Waals surface area (Å²) in [7, 11) is 0. The summed E-state index contributed by atoms with van der Waals surface area (Å²) in [4.78, 5) is 5.61. The van der Waals surface area contributed by atoms with Crippen LogP contribution in [-0.4, -0.2) is 35.6 Å². The molecule has 1 aliphatic heterocycles. The van der Waals surface area contributed by atoms with E-state index in [-0.39, 0.29) is 0 Å². The highest BCUT2D eigenvalue weighted by Gasteiger charge is 2.15. The van der Waals surface area contributed by atoms with Crippen LogP contribution in [0.4, 0.5) is 0 Å². The maximum atomic E-state index is 5.82. The van der Waals surface area contributed by atoms with Crippen molar-refractivity contribution >= 4 is 11.8 Å². The average Bonchev–Trinajstić information content (AvgIpc) is 3.03. The van der Waals surface area contributed by atoms with Gasteiger partial charge in [-0.05, 0) is 56.5 Å². The van der Waals surface area contributed by atoms with Crippen LogP contribution in [0.5, 0.6) is 0 Å². The van der Waals surface area contributed by atoms with E-state index in [4.69, 9.17) is 9.26 Å². The first-order chi connectivity index (χ1) is 10.3. The molecule has 112 valence electrons. The molecule has 1 N–H and O–H groups in total. The molecule has 0 aliphatic carbocycles. The number of hydrogen-bond donors (Lipinski definition) is 1. The smallest absolute Gasteiger partial charge is 0.252 e. The van der Waals surface area contributed by atoms with Gasteiger partial charge in [-0.15, -0.1) is 11.8 Å². The van der Waals surface area contributed by atoms with Gasteiger partial charge in [0.2, 0.25) is 5.82 Å². The largest absolute Gasteiger partial charge is 0.368 e. The Kier molecular flexibility index (Phi) is 4.90. The monoisotopic (exact) mass is 305 g/mol. The minimum absolute atomic E-state index is 0.294. The first-order valence-corrected chi connectivity index (χ1v) is 8.37. The van der Waals surface area contributed by atoms with Crippen LogP contribution in [-0.2, 0) is 11.3 Å². The second-order valence-electron chi connectivity index (χ2n) is 5.00. The van der Waals surface area contributed by atoms with E-state index in [1.54, 1.807) is 11.8 Å². The number of hydrogen-bond acceptors (Lipinski definition) is 6. The van der Waals surface area contributed by atoms with Crippen molar-refractivity contribution in [1.29, 1.82) is 0 Å². The van der Waals surface area contributed by atoms with Gasteiger partial charge in [-0.25, -0.2) is 0 Å². The molecule has 21 heavy (non-hydrogen) atoms. The summed E-state index contributed by atoms with van der Waals surface area (Å²) in [5, 5.41) is 7.34. The number of aromatic nitrogens is 2. The molecule has 0 unspecified atom stereocenters. The second-order valence-corrected chi connectivity index (χ2v) is 5.88. The molecule has 1 aromatic carbocycles. The van der Waals surface area contributed by atoms with Crippen molar-refractivity contribution in [3.8, 4) is 11.4 Å². The number of ether oxygens (including phenoxy) is 1. The van der Waals surface area contributed by atoms with E-state index in [2.05, 4.69) is 33.8 Å². The Morgan fingerprint density at radius 1 is 1.29 bits per heavy atom. The Balaban J connectivity index is 1.59. The number of piperidine rings is 1. The number of thioether (sulfide) groups is 1. The highest BCUT2D eigenvalue weighted by Crippen LogP contribution is 2.21. The third-order valence-electron chi connectivity index (χ3n) is 3.54. The van der Waals surface area contributed by atoms with Gasteiger partial charge in [-0.2, -0.15) is 4.98 Å². The fourth-order valence-corrected chi connectivity index (χ4v) is 2.73. The summed E-state index contributed by atoms with van der Waals surface area (Å²) in [6.45, 7) is 2.42. The molecule has 0 bridgehead atoms. The Morgan fingerprint density at radius 2 is 2.05 bits per heavy atom. The molecule has 0 atom stereocenters. The van der Waals surface area contributed by atoms with Crippen LogP contribution in [0.2, 0.25) is 0 Å². The zero-order valence-corrected chi connectivity index (χ0v) is 12.9. The van der Waals surface area contributed by atoms with Crippen LogP contribution in [0.1, 0.15) is 18.7 Å². The zero-order chi connectivity index (χ0) is 14.5. The van der Waals surface area contributed by atoms with E-state index in [0.717, 1.165) is 31.5 Å². The molecule has 0 radical (unpaired) electrons. The molecule has 2 aromatic rings. The first kappa shape index (κ1) is 14.6. The summed E-state index contributed by atoms with van der Waals surface area (Å²) in [6, 6.07) is 8.13. The molecule has 1 aromatic heterocycles. The molecule has 0 saturated carbocycles. The van der Waals surface area contributed by atoms with Gasteiger partial charge in [0.15, 0.2) is 0 Å². The Labute approximate surface area is 128 Å². The number of nitrogens with zero attached hydrogens (tertiary/aromatic N) is 2. The van der Waals surface area contributed by atoms with Crippen LogP contribution in [0.25, 0.3) is 11.4 Å². The van der Waals surface area contributed by atoms with Crippen molar-refractivity contribution in [3.05, 3.63) is 30.2 Å². The number of benzene rings is 1.